The summed E-state index contributed by atoms with van der Waals surface area (Å²) >= 11 is 0. The molecular weight excluding hydrogens is 242 g/mol. The van der Waals surface area contributed by atoms with Gasteiger partial charge in [-0.25, -0.2) is 9.97 Å². The number of pyridine rings is 1. The first kappa shape index (κ1) is 11.9. The van der Waals surface area contributed by atoms with Crippen molar-refractivity contribution in [3.8, 4) is 0 Å². The molecule has 0 saturated carbocycles. The number of nitrogens with zero attached hydrogens (tertiary/aromatic N) is 4. The number of hydrogen-bond donors (Lipinski definition) is 1. The minimum Gasteiger partial charge on any atom is -0.378 e. The smallest absolute Gasteiger partial charge is 0.150 e. The number of hydrogen-bond acceptors (Lipinski definition) is 6. The van der Waals surface area contributed by atoms with Crippen LogP contribution >= 0.6 is 0 Å². The zero-order valence-corrected chi connectivity index (χ0v) is 10.5. The molecule has 3 rings (SSSR count). The van der Waals surface area contributed by atoms with Gasteiger partial charge < -0.3 is 15.0 Å². The minimum atomic E-state index is 0.689. The number of rotatable bonds is 3. The minimum absolute atomic E-state index is 0.689. The van der Waals surface area contributed by atoms with Gasteiger partial charge in [-0.3, -0.25) is 4.98 Å². The van der Waals surface area contributed by atoms with Crippen molar-refractivity contribution in [3.05, 3.63) is 36.9 Å². The molecule has 1 aliphatic rings. The number of morpholine rings is 1. The van der Waals surface area contributed by atoms with Crippen molar-refractivity contribution in [2.24, 2.45) is 0 Å². The summed E-state index contributed by atoms with van der Waals surface area (Å²) < 4.78 is 5.33. The maximum Gasteiger partial charge on any atom is 0.150 e. The summed E-state index contributed by atoms with van der Waals surface area (Å²) in [6.45, 7) is 3.39. The van der Waals surface area contributed by atoms with Crippen LogP contribution in [0.2, 0.25) is 0 Å². The Morgan fingerprint density at radius 3 is 2.58 bits per heavy atom. The molecule has 1 saturated heterocycles. The van der Waals surface area contributed by atoms with Crippen LogP contribution in [0.5, 0.6) is 0 Å². The van der Waals surface area contributed by atoms with E-state index in [-0.39, 0.29) is 0 Å². The van der Waals surface area contributed by atoms with Crippen molar-refractivity contribution in [1.29, 1.82) is 0 Å². The topological polar surface area (TPSA) is 63.2 Å². The van der Waals surface area contributed by atoms with E-state index in [2.05, 4.69) is 31.2 Å². The van der Waals surface area contributed by atoms with Gasteiger partial charge in [0, 0.05) is 25.5 Å². The van der Waals surface area contributed by atoms with E-state index < -0.39 is 0 Å². The third kappa shape index (κ3) is 2.97. The lowest BCUT2D eigenvalue weighted by atomic mass is 10.3. The van der Waals surface area contributed by atoms with Crippen molar-refractivity contribution >= 4 is 17.3 Å². The van der Waals surface area contributed by atoms with Crippen molar-refractivity contribution in [1.82, 2.24) is 15.0 Å². The van der Waals surface area contributed by atoms with Crippen LogP contribution in [0.25, 0.3) is 0 Å². The molecule has 0 atom stereocenters. The van der Waals surface area contributed by atoms with Crippen molar-refractivity contribution in [2.75, 3.05) is 36.5 Å². The first-order valence-corrected chi connectivity index (χ1v) is 6.23. The Morgan fingerprint density at radius 1 is 1.00 bits per heavy atom. The van der Waals surface area contributed by atoms with Crippen LogP contribution in [0.3, 0.4) is 0 Å². The van der Waals surface area contributed by atoms with Gasteiger partial charge in [0.05, 0.1) is 31.3 Å². The first-order chi connectivity index (χ1) is 9.42. The maximum absolute atomic E-state index is 5.33. The lowest BCUT2D eigenvalue weighted by molar-refractivity contribution is 0.122. The number of ether oxygens (including phenoxy) is 1. The van der Waals surface area contributed by atoms with E-state index in [4.69, 9.17) is 4.74 Å². The second-order valence-electron chi connectivity index (χ2n) is 4.22. The molecule has 6 heteroatoms. The SMILES string of the molecule is c1cnc(Nc2ccc(N3CCOCC3)cn2)cn1. The fraction of sp³-hybridized carbons (Fsp3) is 0.308. The molecule has 6 nitrogen and oxygen atoms in total. The molecule has 0 aromatic carbocycles. The third-order valence-electron chi connectivity index (χ3n) is 2.94. The Kier molecular flexibility index (Phi) is 3.51. The van der Waals surface area contributed by atoms with Crippen LogP contribution in [0.4, 0.5) is 17.3 Å². The monoisotopic (exact) mass is 257 g/mol. The van der Waals surface area contributed by atoms with Gasteiger partial charge in [0.15, 0.2) is 0 Å². The molecule has 19 heavy (non-hydrogen) atoms. The number of anilines is 3. The van der Waals surface area contributed by atoms with Gasteiger partial charge in [0.2, 0.25) is 0 Å². The second kappa shape index (κ2) is 5.62. The van der Waals surface area contributed by atoms with Gasteiger partial charge in [0.1, 0.15) is 11.6 Å². The summed E-state index contributed by atoms with van der Waals surface area (Å²) in [5, 5.41) is 3.11. The summed E-state index contributed by atoms with van der Waals surface area (Å²) in [5.41, 5.74) is 1.12. The largest absolute Gasteiger partial charge is 0.378 e. The molecule has 98 valence electrons. The molecule has 0 spiro atoms. The molecule has 1 aliphatic heterocycles. The molecule has 0 amide bonds. The molecule has 0 unspecified atom stereocenters. The fourth-order valence-electron chi connectivity index (χ4n) is 1.96. The first-order valence-electron chi connectivity index (χ1n) is 6.23. The van der Waals surface area contributed by atoms with Gasteiger partial charge >= 0.3 is 0 Å². The summed E-state index contributed by atoms with van der Waals surface area (Å²) in [6, 6.07) is 4.00. The summed E-state index contributed by atoms with van der Waals surface area (Å²) in [7, 11) is 0. The molecule has 2 aromatic heterocycles. The molecule has 3 heterocycles. The molecule has 1 N–H and O–H groups in total. The van der Waals surface area contributed by atoms with Crippen LogP contribution in [-0.4, -0.2) is 41.3 Å². The quantitative estimate of drug-likeness (QED) is 0.898. The summed E-state index contributed by atoms with van der Waals surface area (Å²) in [4.78, 5) is 14.8. The van der Waals surface area contributed by atoms with E-state index in [0.717, 1.165) is 37.8 Å². The normalized spacial score (nSPS) is 15.3. The van der Waals surface area contributed by atoms with E-state index in [1.807, 2.05) is 12.3 Å². The average molecular weight is 257 g/mol. The Hall–Kier alpha value is -2.21. The highest BCUT2D eigenvalue weighted by atomic mass is 16.5. The Bertz CT molecular complexity index is 510. The van der Waals surface area contributed by atoms with Crippen LogP contribution in [0, 0.1) is 0 Å². The summed E-state index contributed by atoms with van der Waals surface area (Å²) in [5.74, 6) is 1.45. The lowest BCUT2D eigenvalue weighted by Gasteiger charge is -2.28. The van der Waals surface area contributed by atoms with Crippen LogP contribution in [-0.2, 0) is 4.74 Å². The van der Waals surface area contributed by atoms with E-state index in [1.54, 1.807) is 18.6 Å². The van der Waals surface area contributed by atoms with Crippen LogP contribution in [0.1, 0.15) is 0 Å². The third-order valence-corrected chi connectivity index (χ3v) is 2.94. The predicted molar refractivity (Wildman–Crippen MR) is 72.6 cm³/mol. The molecule has 0 aliphatic carbocycles. The summed E-state index contributed by atoms with van der Waals surface area (Å²) in [6.07, 6.45) is 6.81. The van der Waals surface area contributed by atoms with Gasteiger partial charge in [-0.2, -0.15) is 0 Å². The Labute approximate surface area is 111 Å². The van der Waals surface area contributed by atoms with Crippen molar-refractivity contribution in [2.45, 2.75) is 0 Å². The lowest BCUT2D eigenvalue weighted by Crippen LogP contribution is -2.36. The fourth-order valence-corrected chi connectivity index (χ4v) is 1.96. The number of nitrogens with one attached hydrogen (secondary N) is 1. The van der Waals surface area contributed by atoms with Crippen LogP contribution < -0.4 is 10.2 Å². The van der Waals surface area contributed by atoms with Crippen molar-refractivity contribution in [3.63, 3.8) is 0 Å². The zero-order valence-electron chi connectivity index (χ0n) is 10.5. The average Bonchev–Trinajstić information content (AvgIpc) is 2.50. The van der Waals surface area contributed by atoms with Crippen molar-refractivity contribution < 1.29 is 4.74 Å². The Morgan fingerprint density at radius 2 is 1.89 bits per heavy atom. The molecule has 0 radical (unpaired) electrons. The number of aromatic nitrogens is 3. The second-order valence-corrected chi connectivity index (χ2v) is 4.22. The highest BCUT2D eigenvalue weighted by molar-refractivity contribution is 5.54. The molecular formula is C13H15N5O. The standard InChI is InChI=1S/C13H15N5O/c1-2-12(17-13-10-14-3-4-15-13)16-9-11(1)18-5-7-19-8-6-18/h1-4,9-10H,5-8H2,(H,15,16,17). The highest BCUT2D eigenvalue weighted by Crippen LogP contribution is 2.17. The van der Waals surface area contributed by atoms with E-state index in [9.17, 15) is 0 Å². The molecule has 2 aromatic rings. The van der Waals surface area contributed by atoms with Gasteiger partial charge in [-0.15, -0.1) is 0 Å². The van der Waals surface area contributed by atoms with E-state index >= 15 is 0 Å². The maximum atomic E-state index is 5.33. The van der Waals surface area contributed by atoms with Gasteiger partial charge in [-0.1, -0.05) is 0 Å². The molecule has 0 bridgehead atoms. The van der Waals surface area contributed by atoms with E-state index in [1.165, 1.54) is 0 Å². The van der Waals surface area contributed by atoms with Gasteiger partial charge in [0.25, 0.3) is 0 Å². The Balaban J connectivity index is 1.68. The molecule has 1 fully saturated rings. The zero-order chi connectivity index (χ0) is 12.9. The van der Waals surface area contributed by atoms with Crippen LogP contribution in [0.15, 0.2) is 36.9 Å². The van der Waals surface area contributed by atoms with E-state index in [0.29, 0.717) is 5.82 Å². The predicted octanol–water partition coefficient (Wildman–Crippen LogP) is 1.45. The highest BCUT2D eigenvalue weighted by Gasteiger charge is 2.11. The van der Waals surface area contributed by atoms with Gasteiger partial charge in [-0.05, 0) is 12.1 Å².